The number of thioether (sulfide) groups is 1. The summed E-state index contributed by atoms with van der Waals surface area (Å²) >= 11 is 7.56. The molecule has 78 valence electrons. The molecule has 0 N–H and O–H groups in total. The van der Waals surface area contributed by atoms with Gasteiger partial charge in [0.2, 0.25) is 0 Å². The first-order valence-electron chi connectivity index (χ1n) is 4.22. The van der Waals surface area contributed by atoms with Crippen molar-refractivity contribution < 1.29 is 9.47 Å². The number of halogens is 1. The van der Waals surface area contributed by atoms with E-state index in [9.17, 15) is 0 Å². The Morgan fingerprint density at radius 3 is 2.71 bits per heavy atom. The van der Waals surface area contributed by atoms with Crippen molar-refractivity contribution in [2.24, 2.45) is 0 Å². The summed E-state index contributed by atoms with van der Waals surface area (Å²) in [5.74, 6) is 0.791. The maximum absolute atomic E-state index is 5.92. The molecule has 0 radical (unpaired) electrons. The van der Waals surface area contributed by atoms with Crippen molar-refractivity contribution in [2.75, 3.05) is 26.6 Å². The summed E-state index contributed by atoms with van der Waals surface area (Å²) in [4.78, 5) is 1.10. The van der Waals surface area contributed by atoms with Crippen molar-refractivity contribution in [2.45, 2.75) is 4.90 Å². The lowest BCUT2D eigenvalue weighted by Gasteiger charge is -2.07. The van der Waals surface area contributed by atoms with Crippen LogP contribution in [0.5, 0.6) is 5.75 Å². The molecule has 0 aliphatic heterocycles. The van der Waals surface area contributed by atoms with Crippen molar-refractivity contribution in [3.05, 3.63) is 23.2 Å². The van der Waals surface area contributed by atoms with E-state index in [1.54, 1.807) is 24.9 Å². The van der Waals surface area contributed by atoms with Gasteiger partial charge in [0.15, 0.2) is 0 Å². The van der Waals surface area contributed by atoms with Crippen LogP contribution in [0.25, 0.3) is 0 Å². The first-order chi connectivity index (χ1) is 6.76. The molecule has 0 atom stereocenters. The highest BCUT2D eigenvalue weighted by molar-refractivity contribution is 7.98. The molecule has 0 aromatic heterocycles. The molecule has 1 rings (SSSR count). The Bertz CT molecular complexity index is 291. The molecule has 0 aliphatic rings. The maximum Gasteiger partial charge on any atom is 0.122 e. The highest BCUT2D eigenvalue weighted by Gasteiger charge is 1.99. The molecule has 0 fully saturated rings. The van der Waals surface area contributed by atoms with Crippen LogP contribution in [-0.2, 0) is 4.74 Å². The number of hydrogen-bond acceptors (Lipinski definition) is 3. The Hall–Kier alpha value is -0.380. The summed E-state index contributed by atoms with van der Waals surface area (Å²) in [6, 6.07) is 5.68. The third kappa shape index (κ3) is 3.78. The van der Waals surface area contributed by atoms with Gasteiger partial charge < -0.3 is 9.47 Å². The van der Waals surface area contributed by atoms with Crippen LogP contribution < -0.4 is 4.74 Å². The first-order valence-corrected chi connectivity index (χ1v) is 5.83. The molecule has 0 amide bonds. The topological polar surface area (TPSA) is 18.5 Å². The lowest BCUT2D eigenvalue weighted by atomic mass is 10.3. The fraction of sp³-hybridized carbons (Fsp3) is 0.400. The highest BCUT2D eigenvalue weighted by Crippen LogP contribution is 2.26. The molecule has 2 nitrogen and oxygen atoms in total. The molecule has 14 heavy (non-hydrogen) atoms. The van der Waals surface area contributed by atoms with Gasteiger partial charge in [0.05, 0.1) is 6.61 Å². The summed E-state index contributed by atoms with van der Waals surface area (Å²) in [5, 5.41) is 0.698. The third-order valence-electron chi connectivity index (χ3n) is 1.64. The minimum atomic E-state index is 0.546. The van der Waals surface area contributed by atoms with Crippen molar-refractivity contribution in [3.8, 4) is 5.75 Å². The largest absolute Gasteiger partial charge is 0.491 e. The normalized spacial score (nSPS) is 10.2. The number of benzene rings is 1. The molecular weight excluding hydrogens is 220 g/mol. The minimum absolute atomic E-state index is 0.546. The fourth-order valence-corrected chi connectivity index (χ4v) is 1.75. The zero-order valence-corrected chi connectivity index (χ0v) is 9.82. The Kier molecular flexibility index (Phi) is 5.15. The summed E-state index contributed by atoms with van der Waals surface area (Å²) in [5.41, 5.74) is 0. The van der Waals surface area contributed by atoms with Crippen LogP contribution in [0.4, 0.5) is 0 Å². The Morgan fingerprint density at radius 2 is 2.07 bits per heavy atom. The zero-order chi connectivity index (χ0) is 10.4. The smallest absolute Gasteiger partial charge is 0.122 e. The maximum atomic E-state index is 5.92. The zero-order valence-electron chi connectivity index (χ0n) is 8.25. The van der Waals surface area contributed by atoms with Crippen LogP contribution >= 0.6 is 23.4 Å². The molecule has 1 aromatic rings. The van der Waals surface area contributed by atoms with E-state index in [2.05, 4.69) is 0 Å². The van der Waals surface area contributed by atoms with Gasteiger partial charge in [-0.2, -0.15) is 0 Å². The third-order valence-corrected chi connectivity index (χ3v) is 2.56. The van der Waals surface area contributed by atoms with Crippen molar-refractivity contribution in [3.63, 3.8) is 0 Å². The van der Waals surface area contributed by atoms with Crippen LogP contribution in [0, 0.1) is 0 Å². The quantitative estimate of drug-likeness (QED) is 0.574. The Labute approximate surface area is 93.5 Å². The molecule has 4 heteroatoms. The molecule has 0 saturated carbocycles. The van der Waals surface area contributed by atoms with Crippen LogP contribution in [0.3, 0.4) is 0 Å². The van der Waals surface area contributed by atoms with Crippen molar-refractivity contribution in [1.82, 2.24) is 0 Å². The van der Waals surface area contributed by atoms with E-state index in [4.69, 9.17) is 21.1 Å². The predicted octanol–water partition coefficient (Wildman–Crippen LogP) is 3.09. The molecule has 0 spiro atoms. The number of ether oxygens (including phenoxy) is 2. The van der Waals surface area contributed by atoms with E-state index < -0.39 is 0 Å². The molecule has 0 saturated heterocycles. The van der Waals surface area contributed by atoms with Gasteiger partial charge in [-0.1, -0.05) is 11.6 Å². The predicted molar refractivity (Wildman–Crippen MR) is 60.6 cm³/mol. The van der Waals surface area contributed by atoms with Gasteiger partial charge >= 0.3 is 0 Å². The van der Waals surface area contributed by atoms with Crippen LogP contribution in [0.2, 0.25) is 5.02 Å². The van der Waals surface area contributed by atoms with E-state index in [0.29, 0.717) is 18.2 Å². The second-order valence-corrected chi connectivity index (χ2v) is 3.98. The van der Waals surface area contributed by atoms with Crippen LogP contribution in [-0.4, -0.2) is 26.6 Å². The molecule has 0 unspecified atom stereocenters. The second-order valence-electron chi connectivity index (χ2n) is 2.67. The highest BCUT2D eigenvalue weighted by atomic mass is 35.5. The van der Waals surface area contributed by atoms with Gasteiger partial charge in [-0.25, -0.2) is 0 Å². The number of hydrogen-bond donors (Lipinski definition) is 0. The molecule has 0 heterocycles. The first kappa shape index (κ1) is 11.7. The molecular formula is C10H13ClO2S. The Balaban J connectivity index is 2.62. The summed E-state index contributed by atoms with van der Waals surface area (Å²) in [7, 11) is 1.65. The van der Waals surface area contributed by atoms with Gasteiger partial charge in [-0.3, -0.25) is 0 Å². The SMILES string of the molecule is COCCOc1cc(Cl)cc(SC)c1. The van der Waals surface area contributed by atoms with Gasteiger partial charge in [0.25, 0.3) is 0 Å². The van der Waals surface area contributed by atoms with Gasteiger partial charge in [0, 0.05) is 17.0 Å². The fourth-order valence-electron chi connectivity index (χ4n) is 0.981. The van der Waals surface area contributed by atoms with E-state index in [1.807, 2.05) is 18.4 Å². The number of methoxy groups -OCH3 is 1. The summed E-state index contributed by atoms with van der Waals surface area (Å²) < 4.78 is 10.3. The van der Waals surface area contributed by atoms with Gasteiger partial charge in [0.1, 0.15) is 12.4 Å². The van der Waals surface area contributed by atoms with E-state index in [1.165, 1.54) is 0 Å². The lowest BCUT2D eigenvalue weighted by molar-refractivity contribution is 0.146. The van der Waals surface area contributed by atoms with Crippen molar-refractivity contribution in [1.29, 1.82) is 0 Å². The monoisotopic (exact) mass is 232 g/mol. The van der Waals surface area contributed by atoms with E-state index >= 15 is 0 Å². The standard InChI is InChI=1S/C10H13ClO2S/c1-12-3-4-13-9-5-8(11)6-10(7-9)14-2/h5-7H,3-4H2,1-2H3. The Morgan fingerprint density at radius 1 is 1.29 bits per heavy atom. The molecule has 0 aliphatic carbocycles. The average Bonchev–Trinajstić information content (AvgIpc) is 2.17. The summed E-state index contributed by atoms with van der Waals surface area (Å²) in [6.45, 7) is 1.13. The molecule has 1 aromatic carbocycles. The van der Waals surface area contributed by atoms with Gasteiger partial charge in [-0.05, 0) is 24.5 Å². The second kappa shape index (κ2) is 6.17. The molecule has 0 bridgehead atoms. The van der Waals surface area contributed by atoms with Crippen LogP contribution in [0.15, 0.2) is 23.1 Å². The lowest BCUT2D eigenvalue weighted by Crippen LogP contribution is -2.04. The van der Waals surface area contributed by atoms with Gasteiger partial charge in [-0.15, -0.1) is 11.8 Å². The average molecular weight is 233 g/mol. The minimum Gasteiger partial charge on any atom is -0.491 e. The summed E-state index contributed by atoms with van der Waals surface area (Å²) in [6.07, 6.45) is 2.00. The van der Waals surface area contributed by atoms with Crippen molar-refractivity contribution >= 4 is 23.4 Å². The van der Waals surface area contributed by atoms with E-state index in [0.717, 1.165) is 10.6 Å². The van der Waals surface area contributed by atoms with E-state index in [-0.39, 0.29) is 0 Å². The van der Waals surface area contributed by atoms with Crippen LogP contribution in [0.1, 0.15) is 0 Å². The number of rotatable bonds is 5.